The first kappa shape index (κ1) is 24.1. The lowest BCUT2D eigenvalue weighted by Crippen LogP contribution is -2.27. The average Bonchev–Trinajstić information content (AvgIpc) is 3.23. The SMILES string of the molecule is COC(=O)c1ccc(NC(=O)CSc2nc3c(c(=O)n2CCc2ccccc2)SC(C)C3)cc1. The minimum Gasteiger partial charge on any atom is -0.465 e. The van der Waals surface area contributed by atoms with Gasteiger partial charge >= 0.3 is 5.97 Å². The fourth-order valence-electron chi connectivity index (χ4n) is 3.66. The Balaban J connectivity index is 1.47. The Kier molecular flexibility index (Phi) is 7.74. The van der Waals surface area contributed by atoms with Crippen LogP contribution in [0.5, 0.6) is 0 Å². The maximum atomic E-state index is 13.2. The van der Waals surface area contributed by atoms with Crippen LogP contribution in [0.1, 0.15) is 28.5 Å². The molecule has 4 rings (SSSR count). The van der Waals surface area contributed by atoms with Gasteiger partial charge in [0.2, 0.25) is 5.91 Å². The highest BCUT2D eigenvalue weighted by Gasteiger charge is 2.26. The molecule has 1 N–H and O–H groups in total. The summed E-state index contributed by atoms with van der Waals surface area (Å²) in [5, 5.41) is 3.69. The van der Waals surface area contributed by atoms with Gasteiger partial charge in [-0.25, -0.2) is 9.78 Å². The smallest absolute Gasteiger partial charge is 0.337 e. The maximum absolute atomic E-state index is 13.2. The number of anilines is 1. The van der Waals surface area contributed by atoms with E-state index in [9.17, 15) is 14.4 Å². The molecule has 1 atom stereocenters. The predicted octanol–water partition coefficient (Wildman–Crippen LogP) is 4.04. The number of esters is 1. The standard InChI is InChI=1S/C25H25N3O4S2/c1-16-14-20-22(34-16)23(30)28(13-12-17-6-4-3-5-7-17)25(27-20)33-15-21(29)26-19-10-8-18(9-11-19)24(31)32-2/h3-11,16H,12-15H2,1-2H3,(H,26,29). The van der Waals surface area contributed by atoms with Gasteiger partial charge in [-0.15, -0.1) is 11.8 Å². The van der Waals surface area contributed by atoms with E-state index in [0.29, 0.717) is 34.6 Å². The first-order valence-corrected chi connectivity index (χ1v) is 12.8. The van der Waals surface area contributed by atoms with Crippen molar-refractivity contribution in [1.82, 2.24) is 9.55 Å². The molecule has 0 spiro atoms. The molecule has 0 radical (unpaired) electrons. The van der Waals surface area contributed by atoms with Crippen molar-refractivity contribution >= 4 is 41.1 Å². The number of methoxy groups -OCH3 is 1. The number of nitrogens with one attached hydrogen (secondary N) is 1. The fraction of sp³-hybridized carbons (Fsp3) is 0.280. The van der Waals surface area contributed by atoms with Crippen molar-refractivity contribution in [3.05, 3.63) is 81.8 Å². The second-order valence-corrected chi connectivity index (χ2v) is 10.3. The molecule has 176 valence electrons. The summed E-state index contributed by atoms with van der Waals surface area (Å²) in [6.07, 6.45) is 1.45. The Morgan fingerprint density at radius 2 is 1.91 bits per heavy atom. The number of amides is 1. The minimum atomic E-state index is -0.433. The predicted molar refractivity (Wildman–Crippen MR) is 135 cm³/mol. The summed E-state index contributed by atoms with van der Waals surface area (Å²) in [6.45, 7) is 2.59. The molecule has 1 unspecified atom stereocenters. The van der Waals surface area contributed by atoms with Crippen molar-refractivity contribution in [3.8, 4) is 0 Å². The third-order valence-corrected chi connectivity index (χ3v) is 7.54. The number of carbonyl (C=O) groups is 2. The van der Waals surface area contributed by atoms with Crippen LogP contribution in [0.15, 0.2) is 69.4 Å². The lowest BCUT2D eigenvalue weighted by molar-refractivity contribution is -0.113. The van der Waals surface area contributed by atoms with E-state index < -0.39 is 5.97 Å². The largest absolute Gasteiger partial charge is 0.465 e. The quantitative estimate of drug-likeness (QED) is 0.287. The summed E-state index contributed by atoms with van der Waals surface area (Å²) in [5.74, 6) is -0.544. The Bertz CT molecular complexity index is 1240. The van der Waals surface area contributed by atoms with Gasteiger partial charge in [0.25, 0.3) is 5.56 Å². The first-order chi connectivity index (χ1) is 16.4. The summed E-state index contributed by atoms with van der Waals surface area (Å²) in [7, 11) is 1.32. The molecule has 2 aromatic carbocycles. The minimum absolute atomic E-state index is 0.0309. The van der Waals surface area contributed by atoms with Crippen LogP contribution in [0.25, 0.3) is 0 Å². The highest BCUT2D eigenvalue weighted by molar-refractivity contribution is 8.00. The second-order valence-electron chi connectivity index (χ2n) is 7.90. The van der Waals surface area contributed by atoms with E-state index in [0.717, 1.165) is 22.6 Å². The third kappa shape index (κ3) is 5.71. The van der Waals surface area contributed by atoms with Gasteiger partial charge in [0.15, 0.2) is 5.16 Å². The van der Waals surface area contributed by atoms with Crippen LogP contribution in [0, 0.1) is 0 Å². The van der Waals surface area contributed by atoms with E-state index in [2.05, 4.69) is 17.0 Å². The molecule has 34 heavy (non-hydrogen) atoms. The van der Waals surface area contributed by atoms with E-state index in [1.165, 1.54) is 18.9 Å². The van der Waals surface area contributed by atoms with Gasteiger partial charge in [0.05, 0.1) is 29.0 Å². The lowest BCUT2D eigenvalue weighted by atomic mass is 10.1. The Morgan fingerprint density at radius 3 is 2.62 bits per heavy atom. The van der Waals surface area contributed by atoms with Crippen molar-refractivity contribution < 1.29 is 14.3 Å². The summed E-state index contributed by atoms with van der Waals surface area (Å²) < 4.78 is 6.38. The van der Waals surface area contributed by atoms with E-state index in [1.807, 2.05) is 30.3 Å². The van der Waals surface area contributed by atoms with E-state index in [1.54, 1.807) is 40.6 Å². The Labute approximate surface area is 206 Å². The van der Waals surface area contributed by atoms with Crippen LogP contribution in [-0.2, 0) is 28.9 Å². The lowest BCUT2D eigenvalue weighted by Gasteiger charge is -2.14. The molecule has 1 amide bonds. The number of rotatable bonds is 8. The molecule has 1 aliphatic rings. The molecule has 0 fully saturated rings. The van der Waals surface area contributed by atoms with Crippen LogP contribution in [0.4, 0.5) is 5.69 Å². The molecule has 3 aromatic rings. The van der Waals surface area contributed by atoms with Gasteiger partial charge in [-0.2, -0.15) is 0 Å². The van der Waals surface area contributed by atoms with Crippen molar-refractivity contribution in [1.29, 1.82) is 0 Å². The number of ether oxygens (including phenoxy) is 1. The van der Waals surface area contributed by atoms with Crippen molar-refractivity contribution in [2.75, 3.05) is 18.2 Å². The van der Waals surface area contributed by atoms with Crippen molar-refractivity contribution in [3.63, 3.8) is 0 Å². The summed E-state index contributed by atoms with van der Waals surface area (Å²) >= 11 is 2.83. The monoisotopic (exact) mass is 495 g/mol. The Morgan fingerprint density at radius 1 is 1.18 bits per heavy atom. The molecular weight excluding hydrogens is 470 g/mol. The van der Waals surface area contributed by atoms with Crippen molar-refractivity contribution in [2.45, 2.75) is 41.6 Å². The Hall–Kier alpha value is -3.04. The zero-order chi connectivity index (χ0) is 24.1. The number of aryl methyl sites for hydroxylation is 1. The molecule has 0 aliphatic carbocycles. The highest BCUT2D eigenvalue weighted by atomic mass is 32.2. The average molecular weight is 496 g/mol. The van der Waals surface area contributed by atoms with E-state index in [-0.39, 0.29) is 17.2 Å². The topological polar surface area (TPSA) is 90.3 Å². The van der Waals surface area contributed by atoms with Crippen LogP contribution in [0.3, 0.4) is 0 Å². The van der Waals surface area contributed by atoms with Gasteiger partial charge in [0.1, 0.15) is 0 Å². The van der Waals surface area contributed by atoms with Gasteiger partial charge in [0, 0.05) is 23.9 Å². The zero-order valence-corrected chi connectivity index (χ0v) is 20.6. The van der Waals surface area contributed by atoms with Crippen molar-refractivity contribution in [2.24, 2.45) is 0 Å². The molecule has 1 aromatic heterocycles. The molecule has 0 saturated carbocycles. The number of hydrogen-bond donors (Lipinski definition) is 1. The van der Waals surface area contributed by atoms with E-state index >= 15 is 0 Å². The number of benzene rings is 2. The first-order valence-electron chi connectivity index (χ1n) is 10.9. The zero-order valence-electron chi connectivity index (χ0n) is 18.9. The van der Waals surface area contributed by atoms with E-state index in [4.69, 9.17) is 4.98 Å². The molecular formula is C25H25N3O4S2. The summed E-state index contributed by atoms with van der Waals surface area (Å²) in [4.78, 5) is 42.9. The second kappa shape index (κ2) is 10.9. The number of hydrogen-bond acceptors (Lipinski definition) is 7. The molecule has 7 nitrogen and oxygen atoms in total. The fourth-order valence-corrected chi connectivity index (χ4v) is 5.62. The van der Waals surface area contributed by atoms with Crippen LogP contribution >= 0.6 is 23.5 Å². The van der Waals surface area contributed by atoms with Gasteiger partial charge in [-0.3, -0.25) is 14.2 Å². The maximum Gasteiger partial charge on any atom is 0.337 e. The molecule has 9 heteroatoms. The molecule has 1 aliphatic heterocycles. The summed E-state index contributed by atoms with van der Waals surface area (Å²) in [6, 6.07) is 16.5. The normalized spacial score (nSPS) is 14.5. The number of carbonyl (C=O) groups excluding carboxylic acids is 2. The third-order valence-electron chi connectivity index (χ3n) is 5.35. The number of fused-ring (bicyclic) bond motifs is 1. The van der Waals surface area contributed by atoms with Crippen LogP contribution in [0.2, 0.25) is 0 Å². The van der Waals surface area contributed by atoms with Crippen LogP contribution in [-0.4, -0.2) is 39.5 Å². The molecule has 2 heterocycles. The molecule has 0 bridgehead atoms. The summed E-state index contributed by atoms with van der Waals surface area (Å²) in [5.41, 5.74) is 2.91. The number of aromatic nitrogens is 2. The number of nitrogens with zero attached hydrogens (tertiary/aromatic N) is 2. The number of thioether (sulfide) groups is 2. The van der Waals surface area contributed by atoms with Gasteiger partial charge < -0.3 is 10.1 Å². The highest BCUT2D eigenvalue weighted by Crippen LogP contribution is 2.34. The molecule has 0 saturated heterocycles. The van der Waals surface area contributed by atoms with Gasteiger partial charge in [-0.05, 0) is 36.2 Å². The van der Waals surface area contributed by atoms with Gasteiger partial charge in [-0.1, -0.05) is 49.0 Å². The van der Waals surface area contributed by atoms with Crippen LogP contribution < -0.4 is 10.9 Å².